The number of carboxylic acids is 1. The number of nitrogens with zero attached hydrogens (tertiary/aromatic N) is 1. The fourth-order valence-electron chi connectivity index (χ4n) is 1.39. The second-order valence-electron chi connectivity index (χ2n) is 3.60. The summed E-state index contributed by atoms with van der Waals surface area (Å²) in [5.74, 6) is -0.0254. The van der Waals surface area contributed by atoms with Gasteiger partial charge in [-0.15, -0.1) is 0 Å². The molecule has 13 heavy (non-hydrogen) atoms. The van der Waals surface area contributed by atoms with Crippen LogP contribution in [0, 0.1) is 5.92 Å². The van der Waals surface area contributed by atoms with Crippen molar-refractivity contribution in [2.75, 3.05) is 0 Å². The van der Waals surface area contributed by atoms with E-state index in [1.165, 1.54) is 12.8 Å². The summed E-state index contributed by atoms with van der Waals surface area (Å²) in [4.78, 5) is 10.4. The Balaban J connectivity index is 1.95. The molecule has 0 aromatic carbocycles. The summed E-state index contributed by atoms with van der Waals surface area (Å²) in [5.41, 5.74) is 1.70. The van der Waals surface area contributed by atoms with Gasteiger partial charge in [0, 0.05) is 5.69 Å². The lowest BCUT2D eigenvalue weighted by Gasteiger charge is -1.88. The van der Waals surface area contributed by atoms with E-state index in [0.29, 0.717) is 5.69 Å². The van der Waals surface area contributed by atoms with Gasteiger partial charge in [0.1, 0.15) is 0 Å². The molecule has 1 saturated carbocycles. The summed E-state index contributed by atoms with van der Waals surface area (Å²) in [6.45, 7) is 0. The molecule has 0 aliphatic heterocycles. The van der Waals surface area contributed by atoms with Crippen molar-refractivity contribution >= 4 is 5.97 Å². The van der Waals surface area contributed by atoms with Crippen molar-refractivity contribution in [1.29, 1.82) is 0 Å². The van der Waals surface area contributed by atoms with Gasteiger partial charge in [0.05, 0.1) is 12.1 Å². The van der Waals surface area contributed by atoms with Crippen LogP contribution in [0.25, 0.3) is 0 Å². The van der Waals surface area contributed by atoms with Crippen molar-refractivity contribution in [2.24, 2.45) is 5.92 Å². The number of H-pyrrole nitrogens is 1. The van der Waals surface area contributed by atoms with Crippen LogP contribution in [-0.2, 0) is 17.6 Å². The van der Waals surface area contributed by atoms with E-state index in [9.17, 15) is 4.79 Å². The largest absolute Gasteiger partial charge is 0.481 e. The Labute approximate surface area is 76.0 Å². The van der Waals surface area contributed by atoms with Crippen LogP contribution in [0.2, 0.25) is 0 Å². The van der Waals surface area contributed by atoms with E-state index in [1.54, 1.807) is 0 Å². The maximum Gasteiger partial charge on any atom is 0.309 e. The van der Waals surface area contributed by atoms with Gasteiger partial charge < -0.3 is 5.11 Å². The number of carbonyl (C=O) groups is 1. The summed E-state index contributed by atoms with van der Waals surface area (Å²) < 4.78 is 0. The number of hydrogen-bond donors (Lipinski definition) is 2. The van der Waals surface area contributed by atoms with Gasteiger partial charge in [-0.25, -0.2) is 0 Å². The van der Waals surface area contributed by atoms with Crippen LogP contribution in [0.1, 0.15) is 24.2 Å². The topological polar surface area (TPSA) is 66.0 Å². The van der Waals surface area contributed by atoms with Crippen molar-refractivity contribution in [1.82, 2.24) is 10.2 Å². The highest BCUT2D eigenvalue weighted by Crippen LogP contribution is 2.32. The number of rotatable bonds is 4. The summed E-state index contributed by atoms with van der Waals surface area (Å²) in [5, 5.41) is 15.3. The van der Waals surface area contributed by atoms with Crippen LogP contribution in [0.4, 0.5) is 0 Å². The monoisotopic (exact) mass is 180 g/mol. The molecule has 0 amide bonds. The molecule has 1 aliphatic rings. The number of aromatic amines is 1. The van der Waals surface area contributed by atoms with Crippen LogP contribution in [0.5, 0.6) is 0 Å². The first-order valence-corrected chi connectivity index (χ1v) is 4.49. The predicted octanol–water partition coefficient (Wildman–Crippen LogP) is 0.989. The second-order valence-corrected chi connectivity index (χ2v) is 3.60. The molecule has 0 atom stereocenters. The number of nitrogens with one attached hydrogen (secondary N) is 1. The maximum absolute atomic E-state index is 10.4. The highest BCUT2D eigenvalue weighted by molar-refractivity contribution is 5.69. The van der Waals surface area contributed by atoms with E-state index in [-0.39, 0.29) is 6.42 Å². The normalized spacial score (nSPS) is 16.0. The van der Waals surface area contributed by atoms with Gasteiger partial charge in [-0.3, -0.25) is 9.89 Å². The average molecular weight is 180 g/mol. The van der Waals surface area contributed by atoms with Crippen LogP contribution in [0.15, 0.2) is 6.07 Å². The lowest BCUT2D eigenvalue weighted by molar-refractivity contribution is -0.136. The lowest BCUT2D eigenvalue weighted by Crippen LogP contribution is -1.99. The minimum absolute atomic E-state index is 0.0394. The molecule has 0 unspecified atom stereocenters. The van der Waals surface area contributed by atoms with E-state index >= 15 is 0 Å². The fourth-order valence-corrected chi connectivity index (χ4v) is 1.39. The molecule has 0 radical (unpaired) electrons. The van der Waals surface area contributed by atoms with E-state index in [4.69, 9.17) is 5.11 Å². The highest BCUT2D eigenvalue weighted by atomic mass is 16.4. The van der Waals surface area contributed by atoms with Gasteiger partial charge in [-0.05, 0) is 31.2 Å². The molecule has 0 saturated heterocycles. The zero-order valence-corrected chi connectivity index (χ0v) is 7.29. The minimum Gasteiger partial charge on any atom is -0.481 e. The Kier molecular flexibility index (Phi) is 2.04. The van der Waals surface area contributed by atoms with Gasteiger partial charge in [-0.1, -0.05) is 0 Å². The molecule has 1 aliphatic carbocycles. The summed E-state index contributed by atoms with van der Waals surface area (Å²) in [6.07, 6.45) is 3.62. The lowest BCUT2D eigenvalue weighted by atomic mass is 10.2. The molecule has 0 spiro atoms. The second kappa shape index (κ2) is 3.20. The number of aromatic nitrogens is 2. The quantitative estimate of drug-likeness (QED) is 0.726. The van der Waals surface area contributed by atoms with Crippen LogP contribution in [0.3, 0.4) is 0 Å². The van der Waals surface area contributed by atoms with Crippen molar-refractivity contribution in [3.8, 4) is 0 Å². The van der Waals surface area contributed by atoms with E-state index in [0.717, 1.165) is 18.0 Å². The zero-order valence-electron chi connectivity index (χ0n) is 7.29. The number of aliphatic carboxylic acids is 1. The molecule has 0 bridgehead atoms. The highest BCUT2D eigenvalue weighted by Gasteiger charge is 2.22. The first-order valence-electron chi connectivity index (χ1n) is 4.49. The molecule has 4 heteroatoms. The van der Waals surface area contributed by atoms with Crippen LogP contribution in [-0.4, -0.2) is 21.3 Å². The molecule has 2 rings (SSSR count). The van der Waals surface area contributed by atoms with Crippen molar-refractivity contribution < 1.29 is 9.90 Å². The number of hydrogen-bond acceptors (Lipinski definition) is 2. The predicted molar refractivity (Wildman–Crippen MR) is 46.4 cm³/mol. The van der Waals surface area contributed by atoms with Crippen LogP contribution >= 0.6 is 0 Å². The molecule has 2 N–H and O–H groups in total. The van der Waals surface area contributed by atoms with Gasteiger partial charge in [0.2, 0.25) is 0 Å². The molecular weight excluding hydrogens is 168 g/mol. The molecule has 70 valence electrons. The maximum atomic E-state index is 10.4. The SMILES string of the molecule is O=C(O)Cc1cc(CC2CC2)n[nH]1. The standard InChI is InChI=1S/C9H12N2O2/c12-9(13)5-8-4-7(10-11-8)3-6-1-2-6/h4,6H,1-3,5H2,(H,10,11)(H,12,13). The zero-order chi connectivity index (χ0) is 9.26. The van der Waals surface area contributed by atoms with Crippen LogP contribution < -0.4 is 0 Å². The van der Waals surface area contributed by atoms with E-state index < -0.39 is 5.97 Å². The smallest absolute Gasteiger partial charge is 0.309 e. The molecular formula is C9H12N2O2. The Bertz CT molecular complexity index is 315. The Morgan fingerprint density at radius 2 is 2.46 bits per heavy atom. The third-order valence-corrected chi connectivity index (χ3v) is 2.22. The third-order valence-electron chi connectivity index (χ3n) is 2.22. The number of carboxylic acid groups (broad SMARTS) is 1. The Morgan fingerprint density at radius 1 is 1.69 bits per heavy atom. The minimum atomic E-state index is -0.818. The van der Waals surface area contributed by atoms with Gasteiger partial charge in [0.25, 0.3) is 0 Å². The molecule has 1 fully saturated rings. The summed E-state index contributed by atoms with van der Waals surface area (Å²) in [6, 6.07) is 1.85. The van der Waals surface area contributed by atoms with Gasteiger partial charge >= 0.3 is 5.97 Å². The average Bonchev–Trinajstić information content (AvgIpc) is 2.73. The molecule has 1 heterocycles. The molecule has 1 aromatic rings. The Hall–Kier alpha value is -1.32. The first kappa shape index (κ1) is 8.29. The Morgan fingerprint density at radius 3 is 3.08 bits per heavy atom. The first-order chi connectivity index (χ1) is 6.24. The van der Waals surface area contributed by atoms with Crippen molar-refractivity contribution in [3.05, 3.63) is 17.5 Å². The molecule has 4 nitrogen and oxygen atoms in total. The fraction of sp³-hybridized carbons (Fsp3) is 0.556. The third kappa shape index (κ3) is 2.31. The summed E-state index contributed by atoms with van der Waals surface area (Å²) in [7, 11) is 0. The van der Waals surface area contributed by atoms with Crippen molar-refractivity contribution in [2.45, 2.75) is 25.7 Å². The van der Waals surface area contributed by atoms with E-state index in [2.05, 4.69) is 10.2 Å². The van der Waals surface area contributed by atoms with Gasteiger partial charge in [0.15, 0.2) is 0 Å². The van der Waals surface area contributed by atoms with Gasteiger partial charge in [-0.2, -0.15) is 5.10 Å². The van der Waals surface area contributed by atoms with Crippen molar-refractivity contribution in [3.63, 3.8) is 0 Å². The van der Waals surface area contributed by atoms with E-state index in [1.807, 2.05) is 6.07 Å². The summed E-state index contributed by atoms with van der Waals surface area (Å²) >= 11 is 0. The molecule has 1 aromatic heterocycles.